The standard InChI is InChI=1S/C35H36BrN3O5/c1-4-17-37(25-13-7-6-8-14-25)32(41)28-29-33(42)39(22(3)21-40)31(35(29)20-27(36)30(28)44-35)34(43)38(18-5-2)26-16-15-23-11-9-10-12-24(23)19-26/h4-16,19,22,27-31,40H,1-2,17-18,20-21H2,3H3/t22-,27?,28+,29+,30+,31?,35?/m1/s1. The van der Waals surface area contributed by atoms with Crippen LogP contribution in [0.25, 0.3) is 10.8 Å². The van der Waals surface area contributed by atoms with Crippen LogP contribution in [0, 0.1) is 11.8 Å². The largest absolute Gasteiger partial charge is 0.394 e. The van der Waals surface area contributed by atoms with E-state index < -0.39 is 35.6 Å². The molecule has 9 heteroatoms. The van der Waals surface area contributed by atoms with E-state index in [0.717, 1.165) is 10.8 Å². The number of fused-ring (bicyclic) bond motifs is 2. The van der Waals surface area contributed by atoms with Gasteiger partial charge in [-0.3, -0.25) is 14.4 Å². The summed E-state index contributed by atoms with van der Waals surface area (Å²) in [4.78, 5) is 48.1. The average Bonchev–Trinajstić information content (AvgIpc) is 3.64. The van der Waals surface area contributed by atoms with Crippen LogP contribution in [-0.2, 0) is 19.1 Å². The van der Waals surface area contributed by atoms with E-state index in [1.54, 1.807) is 28.9 Å². The van der Waals surface area contributed by atoms with Crippen molar-refractivity contribution < 1.29 is 24.2 Å². The number of para-hydroxylation sites is 1. The molecule has 0 saturated carbocycles. The Balaban J connectivity index is 1.44. The topological polar surface area (TPSA) is 90.4 Å². The Morgan fingerprint density at radius 1 is 1.00 bits per heavy atom. The van der Waals surface area contributed by atoms with Crippen molar-refractivity contribution in [3.05, 3.63) is 98.1 Å². The second-order valence-corrected chi connectivity index (χ2v) is 13.0. The molecule has 3 aliphatic rings. The van der Waals surface area contributed by atoms with Crippen molar-refractivity contribution in [2.75, 3.05) is 29.5 Å². The van der Waals surface area contributed by atoms with E-state index in [0.29, 0.717) is 17.8 Å². The number of carbonyl (C=O) groups is 3. The monoisotopic (exact) mass is 657 g/mol. The SMILES string of the molecule is C=CCN(C(=O)C1N([C@H](C)CO)C(=O)[C@@H]2[C@H](C(=O)N(CC=C)c3ccccc3)[C@H]3OC12CC3Br)c1ccc2ccccc2c1. The second kappa shape index (κ2) is 12.0. The van der Waals surface area contributed by atoms with E-state index in [9.17, 15) is 19.5 Å². The first-order chi connectivity index (χ1) is 21.3. The molecule has 1 N–H and O–H groups in total. The van der Waals surface area contributed by atoms with Crippen LogP contribution >= 0.6 is 15.9 Å². The number of aliphatic hydroxyl groups is 1. The lowest BCUT2D eigenvalue weighted by Crippen LogP contribution is -2.59. The number of amides is 3. The van der Waals surface area contributed by atoms with Gasteiger partial charge in [-0.15, -0.1) is 13.2 Å². The maximum atomic E-state index is 14.8. The number of ether oxygens (including phenoxy) is 1. The van der Waals surface area contributed by atoms with Gasteiger partial charge in [-0.05, 0) is 48.4 Å². The molecule has 0 radical (unpaired) electrons. The van der Waals surface area contributed by atoms with Gasteiger partial charge in [0.25, 0.3) is 5.91 Å². The third-order valence-electron chi connectivity index (χ3n) is 9.25. The van der Waals surface area contributed by atoms with E-state index in [2.05, 4.69) is 29.1 Å². The molecule has 2 bridgehead atoms. The van der Waals surface area contributed by atoms with Crippen molar-refractivity contribution in [2.45, 2.75) is 42.0 Å². The summed E-state index contributed by atoms with van der Waals surface area (Å²) in [6.45, 7) is 9.57. The number of alkyl halides is 1. The zero-order chi connectivity index (χ0) is 31.2. The van der Waals surface area contributed by atoms with E-state index >= 15 is 0 Å². The number of benzene rings is 3. The molecule has 3 aromatic rings. The molecule has 8 nitrogen and oxygen atoms in total. The first kappa shape index (κ1) is 30.2. The van der Waals surface area contributed by atoms with Gasteiger partial charge in [0.2, 0.25) is 11.8 Å². The third kappa shape index (κ3) is 4.69. The molecular weight excluding hydrogens is 622 g/mol. The number of hydrogen-bond acceptors (Lipinski definition) is 5. The van der Waals surface area contributed by atoms with E-state index in [1.807, 2.05) is 72.8 Å². The van der Waals surface area contributed by atoms with Gasteiger partial charge in [-0.25, -0.2) is 0 Å². The molecule has 3 saturated heterocycles. The van der Waals surface area contributed by atoms with Crippen LogP contribution in [0.4, 0.5) is 11.4 Å². The third-order valence-corrected chi connectivity index (χ3v) is 10.1. The minimum atomic E-state index is -1.26. The summed E-state index contributed by atoms with van der Waals surface area (Å²) in [6.07, 6.45) is 3.07. The van der Waals surface area contributed by atoms with Crippen LogP contribution in [-0.4, -0.2) is 76.0 Å². The zero-order valence-electron chi connectivity index (χ0n) is 24.6. The smallest absolute Gasteiger partial charge is 0.253 e. The molecule has 3 fully saturated rings. The number of carbonyl (C=O) groups excluding carboxylic acids is 3. The van der Waals surface area contributed by atoms with Gasteiger partial charge in [0, 0.05) is 29.3 Å². The molecule has 6 rings (SSSR count). The predicted molar refractivity (Wildman–Crippen MR) is 175 cm³/mol. The van der Waals surface area contributed by atoms with Gasteiger partial charge >= 0.3 is 0 Å². The number of likely N-dealkylation sites (tertiary alicyclic amines) is 1. The normalized spacial score (nSPS) is 27.7. The molecule has 3 aliphatic heterocycles. The summed E-state index contributed by atoms with van der Waals surface area (Å²) >= 11 is 3.75. The van der Waals surface area contributed by atoms with Crippen LogP contribution in [0.15, 0.2) is 98.1 Å². The van der Waals surface area contributed by atoms with Gasteiger partial charge in [0.05, 0.1) is 30.6 Å². The molecule has 0 aliphatic carbocycles. The Labute approximate surface area is 265 Å². The number of halogens is 1. The molecule has 1 spiro atoms. The van der Waals surface area contributed by atoms with Gasteiger partial charge in [0.15, 0.2) is 0 Å². The minimum Gasteiger partial charge on any atom is -0.394 e. The van der Waals surface area contributed by atoms with Gasteiger partial charge in [0.1, 0.15) is 11.6 Å². The predicted octanol–water partition coefficient (Wildman–Crippen LogP) is 4.71. The van der Waals surface area contributed by atoms with Crippen LogP contribution in [0.2, 0.25) is 0 Å². The summed E-state index contributed by atoms with van der Waals surface area (Å²) in [7, 11) is 0. The van der Waals surface area contributed by atoms with E-state index in [1.165, 1.54) is 4.90 Å². The molecule has 228 valence electrons. The number of aliphatic hydroxyl groups excluding tert-OH is 1. The Morgan fingerprint density at radius 2 is 1.64 bits per heavy atom. The Hall–Kier alpha value is -3.79. The molecule has 3 unspecified atom stereocenters. The minimum absolute atomic E-state index is 0.203. The maximum absolute atomic E-state index is 14.8. The average molecular weight is 659 g/mol. The Kier molecular flexibility index (Phi) is 8.22. The number of rotatable bonds is 10. The van der Waals surface area contributed by atoms with Crippen molar-refractivity contribution in [1.82, 2.24) is 4.90 Å². The maximum Gasteiger partial charge on any atom is 0.253 e. The van der Waals surface area contributed by atoms with Crippen LogP contribution in [0.3, 0.4) is 0 Å². The molecular formula is C35H36BrN3O5. The highest BCUT2D eigenvalue weighted by atomic mass is 79.9. The zero-order valence-corrected chi connectivity index (χ0v) is 26.2. The number of hydrogen-bond donors (Lipinski definition) is 1. The van der Waals surface area contributed by atoms with Crippen molar-refractivity contribution in [2.24, 2.45) is 11.8 Å². The van der Waals surface area contributed by atoms with Crippen molar-refractivity contribution >= 4 is 55.8 Å². The van der Waals surface area contributed by atoms with Gasteiger partial charge in [-0.2, -0.15) is 0 Å². The second-order valence-electron chi connectivity index (χ2n) is 11.8. The molecule has 3 heterocycles. The molecule has 44 heavy (non-hydrogen) atoms. The fraction of sp³-hybridized carbons (Fsp3) is 0.343. The quantitative estimate of drug-likeness (QED) is 0.252. The molecule has 7 atom stereocenters. The highest BCUT2D eigenvalue weighted by Crippen LogP contribution is 2.61. The fourth-order valence-electron chi connectivity index (χ4n) is 7.37. The van der Waals surface area contributed by atoms with Gasteiger partial charge < -0.3 is 24.5 Å². The van der Waals surface area contributed by atoms with Crippen molar-refractivity contribution in [3.63, 3.8) is 0 Å². The summed E-state index contributed by atoms with van der Waals surface area (Å²) in [5.41, 5.74) is 0.0885. The number of anilines is 2. The van der Waals surface area contributed by atoms with Crippen LogP contribution in [0.1, 0.15) is 13.3 Å². The number of nitrogens with zero attached hydrogens (tertiary/aromatic N) is 3. The lowest BCUT2D eigenvalue weighted by atomic mass is 9.70. The first-order valence-corrected chi connectivity index (χ1v) is 15.8. The lowest BCUT2D eigenvalue weighted by molar-refractivity contribution is -0.143. The van der Waals surface area contributed by atoms with Gasteiger partial charge in [-0.1, -0.05) is 76.6 Å². The summed E-state index contributed by atoms with van der Waals surface area (Å²) in [5.74, 6) is -2.67. The van der Waals surface area contributed by atoms with Crippen molar-refractivity contribution in [1.29, 1.82) is 0 Å². The fourth-order valence-corrected chi connectivity index (χ4v) is 8.32. The van der Waals surface area contributed by atoms with E-state index in [4.69, 9.17) is 4.74 Å². The van der Waals surface area contributed by atoms with Crippen LogP contribution < -0.4 is 9.80 Å². The lowest BCUT2D eigenvalue weighted by Gasteiger charge is -2.38. The molecule has 3 amide bonds. The first-order valence-electron chi connectivity index (χ1n) is 14.9. The van der Waals surface area contributed by atoms with E-state index in [-0.39, 0.29) is 42.2 Å². The van der Waals surface area contributed by atoms with Crippen molar-refractivity contribution in [3.8, 4) is 0 Å². The highest BCUT2D eigenvalue weighted by Gasteiger charge is 2.77. The summed E-state index contributed by atoms with van der Waals surface area (Å²) in [5, 5.41) is 12.3. The summed E-state index contributed by atoms with van der Waals surface area (Å²) < 4.78 is 6.72. The Morgan fingerprint density at radius 3 is 2.30 bits per heavy atom. The molecule has 0 aromatic heterocycles. The van der Waals surface area contributed by atoms with Crippen LogP contribution in [0.5, 0.6) is 0 Å². The molecule has 3 aromatic carbocycles. The highest BCUT2D eigenvalue weighted by molar-refractivity contribution is 9.09. The summed E-state index contributed by atoms with van der Waals surface area (Å²) in [6, 6.07) is 21.2. The Bertz CT molecular complexity index is 1610.